The Kier molecular flexibility index (Phi) is 6.26. The van der Waals surface area contributed by atoms with Gasteiger partial charge in [-0.3, -0.25) is 0 Å². The Morgan fingerprint density at radius 2 is 1.83 bits per heavy atom. The van der Waals surface area contributed by atoms with Crippen molar-refractivity contribution < 1.29 is 9.53 Å². The zero-order valence-electron chi connectivity index (χ0n) is 11.5. The molecule has 0 aliphatic heterocycles. The molecule has 0 heterocycles. The molecule has 0 atom stereocenters. The lowest BCUT2D eigenvalue weighted by Crippen LogP contribution is -2.20. The van der Waals surface area contributed by atoms with E-state index in [9.17, 15) is 4.79 Å². The Bertz CT molecular complexity index is 371. The summed E-state index contributed by atoms with van der Waals surface area (Å²) in [5.41, 5.74) is 1.48. The molecule has 0 spiro atoms. The average molecular weight is 249 g/mol. The third kappa shape index (κ3) is 4.06. The Balaban J connectivity index is 2.84. The second kappa shape index (κ2) is 7.75. The number of para-hydroxylation sites is 1. The molecule has 18 heavy (non-hydrogen) atoms. The molecule has 100 valence electrons. The van der Waals surface area contributed by atoms with Crippen LogP contribution >= 0.6 is 0 Å². The molecule has 0 fully saturated rings. The van der Waals surface area contributed by atoms with E-state index in [1.807, 2.05) is 18.2 Å². The summed E-state index contributed by atoms with van der Waals surface area (Å²) in [6.45, 7) is 4.35. The van der Waals surface area contributed by atoms with Crippen LogP contribution in [0.2, 0.25) is 0 Å². The van der Waals surface area contributed by atoms with Gasteiger partial charge in [-0.1, -0.05) is 38.8 Å². The van der Waals surface area contributed by atoms with Gasteiger partial charge < -0.3 is 10.1 Å². The smallest absolute Gasteiger partial charge is 0.339 e. The van der Waals surface area contributed by atoms with Crippen LogP contribution < -0.4 is 5.32 Å². The predicted molar refractivity (Wildman–Crippen MR) is 75.0 cm³/mol. The summed E-state index contributed by atoms with van der Waals surface area (Å²) in [7, 11) is 1.41. The number of carbonyl (C=O) groups excluding carboxylic acids is 1. The van der Waals surface area contributed by atoms with E-state index in [0.29, 0.717) is 11.6 Å². The zero-order valence-corrected chi connectivity index (χ0v) is 11.5. The molecule has 0 radical (unpaired) electrons. The van der Waals surface area contributed by atoms with Crippen molar-refractivity contribution in [3.63, 3.8) is 0 Å². The number of ether oxygens (including phenoxy) is 1. The number of hydrogen-bond acceptors (Lipinski definition) is 3. The van der Waals surface area contributed by atoms with E-state index in [1.165, 1.54) is 7.11 Å². The predicted octanol–water partition coefficient (Wildman–Crippen LogP) is 3.85. The highest BCUT2D eigenvalue weighted by atomic mass is 16.5. The molecular weight excluding hydrogens is 226 g/mol. The van der Waals surface area contributed by atoms with Crippen molar-refractivity contribution in [2.75, 3.05) is 12.4 Å². The normalized spacial score (nSPS) is 10.4. The van der Waals surface area contributed by atoms with Gasteiger partial charge in [-0.25, -0.2) is 4.79 Å². The van der Waals surface area contributed by atoms with Crippen molar-refractivity contribution >= 4 is 11.7 Å². The second-order valence-electron chi connectivity index (χ2n) is 4.46. The Labute approximate surface area is 110 Å². The minimum absolute atomic E-state index is 0.287. The van der Waals surface area contributed by atoms with Crippen LogP contribution in [0.5, 0.6) is 0 Å². The second-order valence-corrected chi connectivity index (χ2v) is 4.46. The maximum absolute atomic E-state index is 11.7. The van der Waals surface area contributed by atoms with E-state index >= 15 is 0 Å². The summed E-state index contributed by atoms with van der Waals surface area (Å²) in [5, 5.41) is 3.46. The molecule has 0 saturated carbocycles. The number of benzene rings is 1. The molecule has 0 unspecified atom stereocenters. The standard InChI is InChI=1S/C15H23NO2/c1-4-8-12(9-5-2)16-14-11-7-6-10-13(14)15(17)18-3/h6-7,10-12,16H,4-5,8-9H2,1-3H3. The van der Waals surface area contributed by atoms with Gasteiger partial charge in [0.1, 0.15) is 0 Å². The van der Waals surface area contributed by atoms with Gasteiger partial charge in [0.05, 0.1) is 12.7 Å². The van der Waals surface area contributed by atoms with Gasteiger partial charge in [0.25, 0.3) is 0 Å². The summed E-state index contributed by atoms with van der Waals surface area (Å²) in [4.78, 5) is 11.7. The summed E-state index contributed by atoms with van der Waals surface area (Å²) >= 11 is 0. The SMILES string of the molecule is CCCC(CCC)Nc1ccccc1C(=O)OC. The van der Waals surface area contributed by atoms with Gasteiger partial charge >= 0.3 is 5.97 Å². The highest BCUT2D eigenvalue weighted by molar-refractivity contribution is 5.95. The molecule has 0 aliphatic rings. The first-order valence-electron chi connectivity index (χ1n) is 6.66. The lowest BCUT2D eigenvalue weighted by atomic mass is 10.1. The number of esters is 1. The number of nitrogens with one attached hydrogen (secondary N) is 1. The van der Waals surface area contributed by atoms with Gasteiger partial charge in [-0.15, -0.1) is 0 Å². The van der Waals surface area contributed by atoms with Crippen LogP contribution in [0.4, 0.5) is 5.69 Å². The summed E-state index contributed by atoms with van der Waals surface area (Å²) < 4.78 is 4.80. The van der Waals surface area contributed by atoms with Gasteiger partial charge in [-0.05, 0) is 25.0 Å². The minimum atomic E-state index is -0.287. The first-order chi connectivity index (χ1) is 8.72. The van der Waals surface area contributed by atoms with Crippen LogP contribution in [0.3, 0.4) is 0 Å². The van der Waals surface area contributed by atoms with E-state index < -0.39 is 0 Å². The van der Waals surface area contributed by atoms with E-state index in [1.54, 1.807) is 6.07 Å². The van der Waals surface area contributed by atoms with Crippen molar-refractivity contribution in [3.05, 3.63) is 29.8 Å². The number of anilines is 1. The molecule has 0 aliphatic carbocycles. The average Bonchev–Trinajstić information content (AvgIpc) is 2.39. The molecule has 0 amide bonds. The molecule has 0 bridgehead atoms. The van der Waals surface area contributed by atoms with E-state index in [4.69, 9.17) is 4.74 Å². The van der Waals surface area contributed by atoms with Crippen molar-refractivity contribution in [3.8, 4) is 0 Å². The Morgan fingerprint density at radius 3 is 2.39 bits per heavy atom. The number of carbonyl (C=O) groups is 1. The fourth-order valence-corrected chi connectivity index (χ4v) is 2.10. The summed E-state index contributed by atoms with van der Waals surface area (Å²) in [6, 6.07) is 7.94. The van der Waals surface area contributed by atoms with Gasteiger partial charge in [0, 0.05) is 11.7 Å². The maximum atomic E-state index is 11.7. The molecule has 3 heteroatoms. The van der Waals surface area contributed by atoms with Crippen molar-refractivity contribution in [2.45, 2.75) is 45.6 Å². The topological polar surface area (TPSA) is 38.3 Å². The zero-order chi connectivity index (χ0) is 13.4. The van der Waals surface area contributed by atoms with Crippen molar-refractivity contribution in [2.24, 2.45) is 0 Å². The largest absolute Gasteiger partial charge is 0.465 e. The van der Waals surface area contributed by atoms with Crippen LogP contribution in [-0.2, 0) is 4.74 Å². The van der Waals surface area contributed by atoms with E-state index in [2.05, 4.69) is 19.2 Å². The van der Waals surface area contributed by atoms with Crippen molar-refractivity contribution in [1.82, 2.24) is 0 Å². The minimum Gasteiger partial charge on any atom is -0.465 e. The van der Waals surface area contributed by atoms with Crippen LogP contribution in [-0.4, -0.2) is 19.1 Å². The first-order valence-corrected chi connectivity index (χ1v) is 6.66. The Morgan fingerprint density at radius 1 is 1.22 bits per heavy atom. The lowest BCUT2D eigenvalue weighted by Gasteiger charge is -2.20. The number of rotatable bonds is 7. The molecule has 0 saturated heterocycles. The molecule has 0 aromatic heterocycles. The van der Waals surface area contributed by atoms with Gasteiger partial charge in [-0.2, -0.15) is 0 Å². The van der Waals surface area contributed by atoms with E-state index in [-0.39, 0.29) is 5.97 Å². The Hall–Kier alpha value is -1.51. The maximum Gasteiger partial charge on any atom is 0.339 e. The van der Waals surface area contributed by atoms with Crippen LogP contribution in [0, 0.1) is 0 Å². The molecular formula is C15H23NO2. The third-order valence-corrected chi connectivity index (χ3v) is 2.97. The summed E-state index contributed by atoms with van der Waals surface area (Å²) in [5.74, 6) is -0.287. The molecule has 1 aromatic rings. The van der Waals surface area contributed by atoms with E-state index in [0.717, 1.165) is 31.4 Å². The fraction of sp³-hybridized carbons (Fsp3) is 0.533. The van der Waals surface area contributed by atoms with Gasteiger partial charge in [0.15, 0.2) is 0 Å². The number of methoxy groups -OCH3 is 1. The monoisotopic (exact) mass is 249 g/mol. The van der Waals surface area contributed by atoms with Crippen LogP contribution in [0.25, 0.3) is 0 Å². The molecule has 1 aromatic carbocycles. The fourth-order valence-electron chi connectivity index (χ4n) is 2.10. The van der Waals surface area contributed by atoms with Crippen molar-refractivity contribution in [1.29, 1.82) is 0 Å². The molecule has 3 nitrogen and oxygen atoms in total. The molecule has 1 N–H and O–H groups in total. The first kappa shape index (κ1) is 14.6. The summed E-state index contributed by atoms with van der Waals surface area (Å²) in [6.07, 6.45) is 4.50. The number of hydrogen-bond donors (Lipinski definition) is 1. The van der Waals surface area contributed by atoms with Crippen LogP contribution in [0.1, 0.15) is 49.9 Å². The third-order valence-electron chi connectivity index (χ3n) is 2.97. The van der Waals surface area contributed by atoms with Crippen LogP contribution in [0.15, 0.2) is 24.3 Å². The highest BCUT2D eigenvalue weighted by Crippen LogP contribution is 2.19. The highest BCUT2D eigenvalue weighted by Gasteiger charge is 2.13. The quantitative estimate of drug-likeness (QED) is 0.746. The molecule has 1 rings (SSSR count). The van der Waals surface area contributed by atoms with Gasteiger partial charge in [0.2, 0.25) is 0 Å². The lowest BCUT2D eigenvalue weighted by molar-refractivity contribution is 0.0602.